The van der Waals surface area contributed by atoms with E-state index < -0.39 is 0 Å². The number of aromatic nitrogens is 1. The van der Waals surface area contributed by atoms with Crippen molar-refractivity contribution < 1.29 is 9.26 Å². The van der Waals surface area contributed by atoms with Crippen molar-refractivity contribution in [3.05, 3.63) is 29.5 Å². The molecule has 0 aliphatic carbocycles. The van der Waals surface area contributed by atoms with E-state index in [9.17, 15) is 0 Å². The van der Waals surface area contributed by atoms with Crippen LogP contribution in [-0.2, 0) is 0 Å². The van der Waals surface area contributed by atoms with E-state index in [-0.39, 0.29) is 5.88 Å². The Bertz CT molecular complexity index is 596. The number of ether oxygens (including phenoxy) is 1. The molecule has 5 nitrogen and oxygen atoms in total. The van der Waals surface area contributed by atoms with Gasteiger partial charge in [-0.3, -0.25) is 0 Å². The Hall–Kier alpha value is -2.48. The first-order chi connectivity index (χ1) is 8.17. The molecule has 0 bridgehead atoms. The zero-order valence-corrected chi connectivity index (χ0v) is 9.52. The van der Waals surface area contributed by atoms with E-state index in [4.69, 9.17) is 20.3 Å². The van der Waals surface area contributed by atoms with Gasteiger partial charge in [-0.2, -0.15) is 5.26 Å². The highest BCUT2D eigenvalue weighted by atomic mass is 16.5. The summed E-state index contributed by atoms with van der Waals surface area (Å²) in [4.78, 5) is 0. The van der Waals surface area contributed by atoms with Crippen LogP contribution in [0.1, 0.15) is 11.1 Å². The third-order valence-corrected chi connectivity index (χ3v) is 2.51. The third-order valence-electron chi connectivity index (χ3n) is 2.51. The molecule has 0 unspecified atom stereocenters. The van der Waals surface area contributed by atoms with Crippen LogP contribution >= 0.6 is 0 Å². The lowest BCUT2D eigenvalue weighted by molar-refractivity contribution is 0.410. The van der Waals surface area contributed by atoms with Crippen LogP contribution in [0.2, 0.25) is 0 Å². The van der Waals surface area contributed by atoms with Crippen LogP contribution in [0, 0.1) is 18.3 Å². The van der Waals surface area contributed by atoms with Crippen molar-refractivity contribution in [2.24, 2.45) is 0 Å². The second kappa shape index (κ2) is 4.18. The van der Waals surface area contributed by atoms with Crippen LogP contribution in [0.25, 0.3) is 11.1 Å². The number of methoxy groups -OCH3 is 1. The first-order valence-corrected chi connectivity index (χ1v) is 4.96. The van der Waals surface area contributed by atoms with Gasteiger partial charge in [0.15, 0.2) is 0 Å². The molecule has 2 rings (SSSR count). The molecule has 1 aromatic heterocycles. The zero-order chi connectivity index (χ0) is 12.4. The van der Waals surface area contributed by atoms with E-state index in [0.717, 1.165) is 11.1 Å². The van der Waals surface area contributed by atoms with Gasteiger partial charge in [0.2, 0.25) is 5.88 Å². The SMILES string of the molecule is COc1c(C)cc(-c2cnoc2N)cc1C#N. The van der Waals surface area contributed by atoms with E-state index in [1.165, 1.54) is 13.3 Å². The van der Waals surface area contributed by atoms with Crippen molar-refractivity contribution in [1.29, 1.82) is 5.26 Å². The van der Waals surface area contributed by atoms with Crippen LogP contribution < -0.4 is 10.5 Å². The first-order valence-electron chi connectivity index (χ1n) is 4.96. The molecule has 0 fully saturated rings. The molecule has 0 aliphatic rings. The lowest BCUT2D eigenvalue weighted by Crippen LogP contribution is -1.93. The fourth-order valence-corrected chi connectivity index (χ4v) is 1.75. The second-order valence-electron chi connectivity index (χ2n) is 3.59. The maximum absolute atomic E-state index is 9.06. The molecule has 1 heterocycles. The Morgan fingerprint density at radius 2 is 2.24 bits per heavy atom. The average molecular weight is 229 g/mol. The molecule has 0 saturated carbocycles. The highest BCUT2D eigenvalue weighted by Gasteiger charge is 2.13. The molecule has 2 N–H and O–H groups in total. The monoisotopic (exact) mass is 229 g/mol. The summed E-state index contributed by atoms with van der Waals surface area (Å²) in [5.41, 5.74) is 8.43. The lowest BCUT2D eigenvalue weighted by atomic mass is 10.0. The van der Waals surface area contributed by atoms with Gasteiger partial charge in [-0.15, -0.1) is 0 Å². The van der Waals surface area contributed by atoms with E-state index in [1.54, 1.807) is 6.07 Å². The fourth-order valence-electron chi connectivity index (χ4n) is 1.75. The number of nitriles is 1. The minimum Gasteiger partial charge on any atom is -0.495 e. The molecule has 17 heavy (non-hydrogen) atoms. The summed E-state index contributed by atoms with van der Waals surface area (Å²) < 4.78 is 9.98. The highest BCUT2D eigenvalue weighted by molar-refractivity contribution is 5.75. The van der Waals surface area contributed by atoms with Crippen LogP contribution in [0.15, 0.2) is 22.9 Å². The summed E-state index contributed by atoms with van der Waals surface area (Å²) in [5, 5.41) is 12.7. The normalized spacial score (nSPS) is 9.94. The van der Waals surface area contributed by atoms with E-state index >= 15 is 0 Å². The third kappa shape index (κ3) is 1.81. The lowest BCUT2D eigenvalue weighted by Gasteiger charge is -2.08. The quantitative estimate of drug-likeness (QED) is 0.852. The number of hydrogen-bond donors (Lipinski definition) is 1. The number of nitrogens with two attached hydrogens (primary N) is 1. The highest BCUT2D eigenvalue weighted by Crippen LogP contribution is 2.32. The Balaban J connectivity index is 2.63. The Kier molecular flexibility index (Phi) is 2.71. The molecule has 0 radical (unpaired) electrons. The summed E-state index contributed by atoms with van der Waals surface area (Å²) in [6.07, 6.45) is 1.53. The Labute approximate surface area is 98.4 Å². The summed E-state index contributed by atoms with van der Waals surface area (Å²) in [5.74, 6) is 0.810. The van der Waals surface area contributed by atoms with Crippen molar-refractivity contribution in [1.82, 2.24) is 5.16 Å². The van der Waals surface area contributed by atoms with E-state index in [0.29, 0.717) is 16.9 Å². The summed E-state index contributed by atoms with van der Waals surface area (Å²) >= 11 is 0. The number of aryl methyl sites for hydroxylation is 1. The molecule has 0 atom stereocenters. The zero-order valence-electron chi connectivity index (χ0n) is 9.52. The number of nitrogens with zero attached hydrogens (tertiary/aromatic N) is 2. The minimum atomic E-state index is 0.235. The topological polar surface area (TPSA) is 85.1 Å². The molecular weight excluding hydrogens is 218 g/mol. The fraction of sp³-hybridized carbons (Fsp3) is 0.167. The maximum Gasteiger partial charge on any atom is 0.229 e. The van der Waals surface area contributed by atoms with Crippen molar-refractivity contribution >= 4 is 5.88 Å². The molecule has 0 spiro atoms. The Morgan fingerprint density at radius 3 is 2.76 bits per heavy atom. The van der Waals surface area contributed by atoms with Crippen LogP contribution in [0.3, 0.4) is 0 Å². The van der Waals surface area contributed by atoms with Crippen LogP contribution in [-0.4, -0.2) is 12.3 Å². The van der Waals surface area contributed by atoms with Crippen molar-refractivity contribution in [2.45, 2.75) is 6.92 Å². The summed E-state index contributed by atoms with van der Waals surface area (Å²) in [6, 6.07) is 5.67. The predicted molar refractivity (Wildman–Crippen MR) is 62.4 cm³/mol. The smallest absolute Gasteiger partial charge is 0.229 e. The molecule has 0 saturated heterocycles. The average Bonchev–Trinajstić information content (AvgIpc) is 2.74. The molecule has 5 heteroatoms. The maximum atomic E-state index is 9.06. The number of rotatable bonds is 2. The van der Waals surface area contributed by atoms with Crippen molar-refractivity contribution in [2.75, 3.05) is 12.8 Å². The molecule has 2 aromatic rings. The molecule has 0 aliphatic heterocycles. The standard InChI is InChI=1S/C12H11N3O2/c1-7-3-8(10-6-15-17-12(10)14)4-9(5-13)11(7)16-2/h3-4,6H,14H2,1-2H3. The van der Waals surface area contributed by atoms with Gasteiger partial charge in [-0.05, 0) is 30.2 Å². The van der Waals surface area contributed by atoms with Gasteiger partial charge in [-0.1, -0.05) is 5.16 Å². The van der Waals surface area contributed by atoms with Crippen LogP contribution in [0.5, 0.6) is 5.75 Å². The van der Waals surface area contributed by atoms with Gasteiger partial charge >= 0.3 is 0 Å². The number of nitrogen functional groups attached to an aromatic ring is 1. The van der Waals surface area contributed by atoms with Gasteiger partial charge in [0.25, 0.3) is 0 Å². The molecule has 86 valence electrons. The van der Waals surface area contributed by atoms with Crippen molar-refractivity contribution in [3.63, 3.8) is 0 Å². The molecule has 1 aromatic carbocycles. The number of benzene rings is 1. The molecule has 0 amide bonds. The first kappa shape index (κ1) is 11.0. The Morgan fingerprint density at radius 1 is 1.47 bits per heavy atom. The summed E-state index contributed by atoms with van der Waals surface area (Å²) in [6.45, 7) is 1.87. The van der Waals surface area contributed by atoms with Gasteiger partial charge in [-0.25, -0.2) is 0 Å². The molecular formula is C12H11N3O2. The largest absolute Gasteiger partial charge is 0.495 e. The second-order valence-corrected chi connectivity index (χ2v) is 3.59. The number of anilines is 1. The van der Waals surface area contributed by atoms with E-state index in [2.05, 4.69) is 11.2 Å². The summed E-state index contributed by atoms with van der Waals surface area (Å²) in [7, 11) is 1.54. The van der Waals surface area contributed by atoms with E-state index in [1.807, 2.05) is 13.0 Å². The minimum absolute atomic E-state index is 0.235. The van der Waals surface area contributed by atoms with Crippen LogP contribution in [0.4, 0.5) is 5.88 Å². The number of hydrogen-bond acceptors (Lipinski definition) is 5. The van der Waals surface area contributed by atoms with Gasteiger partial charge in [0.1, 0.15) is 11.8 Å². The van der Waals surface area contributed by atoms with Gasteiger partial charge in [0, 0.05) is 0 Å². The van der Waals surface area contributed by atoms with Gasteiger partial charge in [0.05, 0.1) is 24.4 Å². The predicted octanol–water partition coefficient (Wildman–Crippen LogP) is 2.11. The van der Waals surface area contributed by atoms with Crippen molar-refractivity contribution in [3.8, 4) is 22.9 Å². The van der Waals surface area contributed by atoms with Gasteiger partial charge < -0.3 is 15.0 Å².